The van der Waals surface area contributed by atoms with Crippen molar-refractivity contribution < 1.29 is 0 Å². The molecule has 2 rings (SSSR count). The van der Waals surface area contributed by atoms with Gasteiger partial charge in [0.25, 0.3) is 0 Å². The highest BCUT2D eigenvalue weighted by atomic mass is 35.5. The summed E-state index contributed by atoms with van der Waals surface area (Å²) < 4.78 is 0. The van der Waals surface area contributed by atoms with Gasteiger partial charge in [-0.3, -0.25) is 0 Å². The first-order valence-corrected chi connectivity index (χ1v) is 6.94. The second-order valence-corrected chi connectivity index (χ2v) is 5.05. The molecular formula is C15H19ClN4. The lowest BCUT2D eigenvalue weighted by atomic mass is 10.1. The number of hydrazine groups is 1. The van der Waals surface area contributed by atoms with E-state index < -0.39 is 0 Å². The van der Waals surface area contributed by atoms with Crippen molar-refractivity contribution >= 4 is 23.1 Å². The number of aryl methyl sites for hydroxylation is 1. The Morgan fingerprint density at radius 3 is 2.50 bits per heavy atom. The Morgan fingerprint density at radius 2 is 1.90 bits per heavy atom. The van der Waals surface area contributed by atoms with Crippen molar-refractivity contribution in [3.8, 4) is 0 Å². The molecule has 0 spiro atoms. The van der Waals surface area contributed by atoms with E-state index in [2.05, 4.69) is 46.5 Å². The van der Waals surface area contributed by atoms with E-state index in [1.54, 1.807) is 12.1 Å². The van der Waals surface area contributed by atoms with Crippen LogP contribution in [0.1, 0.15) is 18.2 Å². The van der Waals surface area contributed by atoms with E-state index in [4.69, 9.17) is 17.4 Å². The number of halogens is 1. The number of nitrogens with one attached hydrogen (secondary N) is 1. The number of anilines is 2. The summed E-state index contributed by atoms with van der Waals surface area (Å²) in [5.74, 6) is 5.98. The minimum Gasteiger partial charge on any atom is -0.369 e. The number of nitrogens with zero attached hydrogens (tertiary/aromatic N) is 2. The largest absolute Gasteiger partial charge is 0.369 e. The molecule has 0 aliphatic carbocycles. The van der Waals surface area contributed by atoms with Gasteiger partial charge in [0.15, 0.2) is 0 Å². The third kappa shape index (κ3) is 3.40. The first kappa shape index (κ1) is 14.6. The molecule has 5 heteroatoms. The summed E-state index contributed by atoms with van der Waals surface area (Å²) >= 11 is 6.17. The Hall–Kier alpha value is -1.78. The van der Waals surface area contributed by atoms with Gasteiger partial charge in [-0.1, -0.05) is 30.7 Å². The molecule has 0 atom stereocenters. The molecule has 0 aliphatic heterocycles. The van der Waals surface area contributed by atoms with Crippen LogP contribution in [0.2, 0.25) is 5.02 Å². The zero-order chi connectivity index (χ0) is 14.5. The summed E-state index contributed by atoms with van der Waals surface area (Å²) in [7, 11) is 2.02. The van der Waals surface area contributed by atoms with Crippen molar-refractivity contribution in [2.45, 2.75) is 19.9 Å². The summed E-state index contributed by atoms with van der Waals surface area (Å²) in [6, 6.07) is 12.0. The smallest absolute Gasteiger partial charge is 0.140 e. The van der Waals surface area contributed by atoms with Gasteiger partial charge in [-0.05, 0) is 36.2 Å². The average molecular weight is 291 g/mol. The van der Waals surface area contributed by atoms with Crippen LogP contribution in [-0.4, -0.2) is 12.0 Å². The number of nitrogens with two attached hydrogens (primary N) is 1. The Balaban J connectivity index is 2.15. The minimum absolute atomic E-state index is 0.610. The standard InChI is InChI=1S/C15H19ClN4/c1-3-11-4-6-12(7-5-11)20(2)10-14-13(16)8-9-15(18-14)19-17/h4-9H,3,10,17H2,1-2H3,(H,18,19). The number of benzene rings is 1. The highest BCUT2D eigenvalue weighted by Gasteiger charge is 2.08. The first-order chi connectivity index (χ1) is 9.63. The lowest BCUT2D eigenvalue weighted by Crippen LogP contribution is -2.18. The van der Waals surface area contributed by atoms with Crippen molar-refractivity contribution in [3.05, 3.63) is 52.7 Å². The quantitative estimate of drug-likeness (QED) is 0.656. The predicted octanol–water partition coefficient (Wildman–Crippen LogP) is 3.22. The van der Waals surface area contributed by atoms with E-state index >= 15 is 0 Å². The molecule has 1 heterocycles. The van der Waals surface area contributed by atoms with Crippen LogP contribution in [0.25, 0.3) is 0 Å². The molecule has 1 aromatic heterocycles. The van der Waals surface area contributed by atoms with Gasteiger partial charge in [0.05, 0.1) is 17.3 Å². The zero-order valence-corrected chi connectivity index (χ0v) is 12.5. The molecule has 1 aromatic carbocycles. The molecule has 0 aliphatic rings. The fourth-order valence-corrected chi connectivity index (χ4v) is 2.14. The number of hydrogen-bond acceptors (Lipinski definition) is 4. The maximum Gasteiger partial charge on any atom is 0.140 e. The second-order valence-electron chi connectivity index (χ2n) is 4.65. The second kappa shape index (κ2) is 6.59. The van der Waals surface area contributed by atoms with Crippen LogP contribution in [0, 0.1) is 0 Å². The van der Waals surface area contributed by atoms with E-state index in [0.717, 1.165) is 17.8 Å². The number of pyridine rings is 1. The Labute approximate surface area is 124 Å². The van der Waals surface area contributed by atoms with Gasteiger partial charge < -0.3 is 10.3 Å². The van der Waals surface area contributed by atoms with Crippen molar-refractivity contribution in [2.24, 2.45) is 5.84 Å². The fourth-order valence-electron chi connectivity index (χ4n) is 1.98. The van der Waals surface area contributed by atoms with Gasteiger partial charge in [0, 0.05) is 12.7 Å². The van der Waals surface area contributed by atoms with Crippen LogP contribution in [0.3, 0.4) is 0 Å². The van der Waals surface area contributed by atoms with Crippen molar-refractivity contribution in [1.29, 1.82) is 0 Å². The number of rotatable bonds is 5. The van der Waals surface area contributed by atoms with Gasteiger partial charge in [-0.25, -0.2) is 10.8 Å². The summed E-state index contributed by atoms with van der Waals surface area (Å²) in [5.41, 5.74) is 5.79. The molecule has 4 nitrogen and oxygen atoms in total. The summed E-state index contributed by atoms with van der Waals surface area (Å²) in [4.78, 5) is 6.49. The predicted molar refractivity (Wildman–Crippen MR) is 85.0 cm³/mol. The Bertz CT molecular complexity index is 569. The molecule has 2 aromatic rings. The normalized spacial score (nSPS) is 10.4. The molecule has 0 fully saturated rings. The molecular weight excluding hydrogens is 272 g/mol. The van der Waals surface area contributed by atoms with Gasteiger partial charge >= 0.3 is 0 Å². The lowest BCUT2D eigenvalue weighted by molar-refractivity contribution is 0.884. The SMILES string of the molecule is CCc1ccc(N(C)Cc2nc(NN)ccc2Cl)cc1. The zero-order valence-electron chi connectivity index (χ0n) is 11.7. The molecule has 106 valence electrons. The van der Waals surface area contributed by atoms with Crippen LogP contribution in [0.15, 0.2) is 36.4 Å². The average Bonchev–Trinajstić information content (AvgIpc) is 2.49. The van der Waals surface area contributed by atoms with Crippen LogP contribution in [-0.2, 0) is 13.0 Å². The molecule has 0 saturated carbocycles. The number of nitrogen functional groups attached to an aromatic ring is 1. The van der Waals surface area contributed by atoms with E-state index in [0.29, 0.717) is 17.4 Å². The third-order valence-corrected chi connectivity index (χ3v) is 3.58. The molecule has 3 N–H and O–H groups in total. The molecule has 20 heavy (non-hydrogen) atoms. The van der Waals surface area contributed by atoms with Crippen molar-refractivity contribution in [3.63, 3.8) is 0 Å². The molecule has 0 amide bonds. The van der Waals surface area contributed by atoms with Crippen LogP contribution in [0.5, 0.6) is 0 Å². The number of hydrogen-bond donors (Lipinski definition) is 2. The molecule has 0 radical (unpaired) electrons. The Kier molecular flexibility index (Phi) is 4.82. The van der Waals surface area contributed by atoms with Gasteiger partial charge in [-0.2, -0.15) is 0 Å². The lowest BCUT2D eigenvalue weighted by Gasteiger charge is -2.20. The molecule has 0 unspecified atom stereocenters. The number of aromatic nitrogens is 1. The van der Waals surface area contributed by atoms with Crippen molar-refractivity contribution in [2.75, 3.05) is 17.4 Å². The third-order valence-electron chi connectivity index (χ3n) is 3.24. The maximum absolute atomic E-state index is 6.17. The summed E-state index contributed by atoms with van der Waals surface area (Å²) in [6.07, 6.45) is 1.04. The highest BCUT2D eigenvalue weighted by Crippen LogP contribution is 2.21. The van der Waals surface area contributed by atoms with Gasteiger partial charge in [0.2, 0.25) is 0 Å². The van der Waals surface area contributed by atoms with Crippen LogP contribution in [0.4, 0.5) is 11.5 Å². The topological polar surface area (TPSA) is 54.2 Å². The van der Waals surface area contributed by atoms with E-state index in [1.165, 1.54) is 5.56 Å². The monoisotopic (exact) mass is 290 g/mol. The molecule has 0 saturated heterocycles. The summed E-state index contributed by atoms with van der Waals surface area (Å²) in [6.45, 7) is 2.77. The van der Waals surface area contributed by atoms with Gasteiger partial charge in [-0.15, -0.1) is 0 Å². The van der Waals surface area contributed by atoms with E-state index in [9.17, 15) is 0 Å². The van der Waals surface area contributed by atoms with Crippen LogP contribution >= 0.6 is 11.6 Å². The maximum atomic E-state index is 6.17. The summed E-state index contributed by atoms with van der Waals surface area (Å²) in [5, 5.41) is 0.640. The minimum atomic E-state index is 0.610. The first-order valence-electron chi connectivity index (χ1n) is 6.56. The highest BCUT2D eigenvalue weighted by molar-refractivity contribution is 6.31. The van der Waals surface area contributed by atoms with E-state index in [1.807, 2.05) is 7.05 Å². The van der Waals surface area contributed by atoms with Crippen LogP contribution < -0.4 is 16.2 Å². The van der Waals surface area contributed by atoms with E-state index in [-0.39, 0.29) is 0 Å². The fraction of sp³-hybridized carbons (Fsp3) is 0.267. The van der Waals surface area contributed by atoms with Crippen molar-refractivity contribution in [1.82, 2.24) is 4.98 Å². The Morgan fingerprint density at radius 1 is 1.20 bits per heavy atom. The van der Waals surface area contributed by atoms with Gasteiger partial charge in [0.1, 0.15) is 5.82 Å². The molecule has 0 bridgehead atoms.